The van der Waals surface area contributed by atoms with Crippen LogP contribution in [0.2, 0.25) is 0 Å². The molecular formula is C25H32N2O4. The van der Waals surface area contributed by atoms with Crippen LogP contribution in [0.1, 0.15) is 50.3 Å². The van der Waals surface area contributed by atoms with Crippen molar-refractivity contribution in [3.63, 3.8) is 0 Å². The van der Waals surface area contributed by atoms with Crippen LogP contribution in [0.25, 0.3) is 6.08 Å². The molecule has 0 atom stereocenters. The number of carbonyl (C=O) groups is 1. The summed E-state index contributed by atoms with van der Waals surface area (Å²) < 4.78 is 12.3. The second-order valence-corrected chi connectivity index (χ2v) is 8.95. The van der Waals surface area contributed by atoms with Gasteiger partial charge in [-0.2, -0.15) is 0 Å². The molecule has 0 bridgehead atoms. The normalized spacial score (nSPS) is 14.5. The van der Waals surface area contributed by atoms with Crippen molar-refractivity contribution in [2.75, 3.05) is 20.2 Å². The number of rotatable bonds is 5. The minimum atomic E-state index is -0.467. The second kappa shape index (κ2) is 9.96. The molecule has 1 aromatic carbocycles. The van der Waals surface area contributed by atoms with Crippen molar-refractivity contribution in [1.29, 1.82) is 0 Å². The number of hydrogen-bond donors (Lipinski definition) is 0. The zero-order valence-electron chi connectivity index (χ0n) is 18.9. The number of amides is 1. The van der Waals surface area contributed by atoms with E-state index in [1.54, 1.807) is 28.7 Å². The van der Waals surface area contributed by atoms with Crippen molar-refractivity contribution in [1.82, 2.24) is 9.47 Å². The monoisotopic (exact) mass is 424 g/mol. The first-order chi connectivity index (χ1) is 14.7. The minimum Gasteiger partial charge on any atom is -0.444 e. The van der Waals surface area contributed by atoms with E-state index in [9.17, 15) is 9.59 Å². The van der Waals surface area contributed by atoms with Gasteiger partial charge in [-0.15, -0.1) is 0 Å². The number of pyridine rings is 1. The fourth-order valence-electron chi connectivity index (χ4n) is 3.56. The molecule has 6 nitrogen and oxygen atoms in total. The van der Waals surface area contributed by atoms with E-state index in [2.05, 4.69) is 30.3 Å². The second-order valence-electron chi connectivity index (χ2n) is 8.95. The van der Waals surface area contributed by atoms with E-state index >= 15 is 0 Å². The number of ether oxygens (including phenoxy) is 2. The third-order valence-corrected chi connectivity index (χ3v) is 5.12. The lowest BCUT2D eigenvalue weighted by Gasteiger charge is -2.31. The molecule has 1 aliphatic rings. The Morgan fingerprint density at radius 1 is 1.03 bits per heavy atom. The summed E-state index contributed by atoms with van der Waals surface area (Å²) in [7, 11) is 1.64. The average Bonchev–Trinajstić information content (AvgIpc) is 2.71. The van der Waals surface area contributed by atoms with Crippen molar-refractivity contribution in [3.05, 3.63) is 75.2 Å². The first-order valence-electron chi connectivity index (χ1n) is 10.7. The number of piperidine rings is 1. The summed E-state index contributed by atoms with van der Waals surface area (Å²) in [6, 6.07) is 11.6. The summed E-state index contributed by atoms with van der Waals surface area (Å²) >= 11 is 0. The highest BCUT2D eigenvalue weighted by Crippen LogP contribution is 2.21. The van der Waals surface area contributed by atoms with Crippen LogP contribution in [0.4, 0.5) is 4.79 Å². The maximum atomic E-state index is 12.2. The van der Waals surface area contributed by atoms with Crippen molar-refractivity contribution in [3.8, 4) is 0 Å². The van der Waals surface area contributed by atoms with Gasteiger partial charge in [0.2, 0.25) is 0 Å². The highest BCUT2D eigenvalue weighted by molar-refractivity contribution is 5.68. The van der Waals surface area contributed by atoms with Crippen LogP contribution in [0, 0.1) is 0 Å². The molecule has 1 aliphatic heterocycles. The molecule has 2 heterocycles. The largest absolute Gasteiger partial charge is 0.444 e. The Balaban J connectivity index is 1.59. The van der Waals surface area contributed by atoms with Gasteiger partial charge in [-0.25, -0.2) is 4.79 Å². The van der Waals surface area contributed by atoms with E-state index in [0.29, 0.717) is 26.2 Å². The van der Waals surface area contributed by atoms with Gasteiger partial charge in [-0.05, 0) is 56.4 Å². The molecule has 1 saturated heterocycles. The average molecular weight is 425 g/mol. The van der Waals surface area contributed by atoms with Gasteiger partial charge >= 0.3 is 6.09 Å². The Hall–Kier alpha value is -2.86. The minimum absolute atomic E-state index is 0.0252. The molecule has 2 aromatic rings. The maximum absolute atomic E-state index is 12.2. The van der Waals surface area contributed by atoms with E-state index in [1.165, 1.54) is 5.57 Å². The molecule has 0 radical (unpaired) electrons. The van der Waals surface area contributed by atoms with Gasteiger partial charge in [0.05, 0.1) is 13.2 Å². The molecule has 1 aromatic heterocycles. The van der Waals surface area contributed by atoms with Crippen molar-refractivity contribution in [2.45, 2.75) is 52.4 Å². The van der Waals surface area contributed by atoms with Crippen molar-refractivity contribution < 1.29 is 14.3 Å². The van der Waals surface area contributed by atoms with Gasteiger partial charge in [0.1, 0.15) is 5.60 Å². The van der Waals surface area contributed by atoms with E-state index < -0.39 is 5.60 Å². The number of hydrogen-bond acceptors (Lipinski definition) is 4. The molecule has 0 aliphatic carbocycles. The highest BCUT2D eigenvalue weighted by Gasteiger charge is 2.24. The third kappa shape index (κ3) is 6.82. The molecule has 0 spiro atoms. The van der Waals surface area contributed by atoms with Gasteiger partial charge < -0.3 is 18.9 Å². The molecule has 1 amide bonds. The fourth-order valence-corrected chi connectivity index (χ4v) is 3.56. The first-order valence-corrected chi connectivity index (χ1v) is 10.7. The van der Waals surface area contributed by atoms with E-state index in [0.717, 1.165) is 29.5 Å². The summed E-state index contributed by atoms with van der Waals surface area (Å²) in [6.07, 6.45) is 5.51. The standard InChI is InChI=1S/C25H32N2O4/c1-25(2,3)31-24(29)26-13-11-20(12-14-26)15-19-5-7-21(8-6-19)16-27-17-22(18-30-4)9-10-23(27)28/h5-10,15,17H,11-14,16,18H2,1-4H3. The lowest BCUT2D eigenvalue weighted by molar-refractivity contribution is 0.0237. The number of likely N-dealkylation sites (tertiary alicyclic amines) is 1. The van der Waals surface area contributed by atoms with Gasteiger partial charge in [0, 0.05) is 32.5 Å². The van der Waals surface area contributed by atoms with Crippen LogP contribution in [-0.4, -0.2) is 41.4 Å². The predicted octanol–water partition coefficient (Wildman–Crippen LogP) is 4.46. The SMILES string of the molecule is COCc1ccc(=O)n(Cc2ccc(C=C3CCN(C(=O)OC(C)(C)C)CC3)cc2)c1. The smallest absolute Gasteiger partial charge is 0.410 e. The molecule has 166 valence electrons. The zero-order valence-corrected chi connectivity index (χ0v) is 18.9. The van der Waals surface area contributed by atoms with Gasteiger partial charge in [0.25, 0.3) is 5.56 Å². The van der Waals surface area contributed by atoms with Crippen molar-refractivity contribution in [2.24, 2.45) is 0 Å². The summed E-state index contributed by atoms with van der Waals surface area (Å²) in [5.74, 6) is 0. The Morgan fingerprint density at radius 3 is 2.29 bits per heavy atom. The number of methoxy groups -OCH3 is 1. The molecule has 1 fully saturated rings. The Kier molecular flexibility index (Phi) is 7.33. The fraction of sp³-hybridized carbons (Fsp3) is 0.440. The molecular weight excluding hydrogens is 392 g/mol. The van der Waals surface area contributed by atoms with E-state index in [4.69, 9.17) is 9.47 Å². The van der Waals surface area contributed by atoms with E-state index in [1.807, 2.05) is 27.0 Å². The molecule has 0 saturated carbocycles. The van der Waals surface area contributed by atoms with Crippen LogP contribution in [0.3, 0.4) is 0 Å². The lowest BCUT2D eigenvalue weighted by Crippen LogP contribution is -2.40. The quantitative estimate of drug-likeness (QED) is 0.711. The van der Waals surface area contributed by atoms with Crippen LogP contribution >= 0.6 is 0 Å². The summed E-state index contributed by atoms with van der Waals surface area (Å²) in [4.78, 5) is 26.1. The molecule has 6 heteroatoms. The van der Waals surface area contributed by atoms with Crippen LogP contribution in [0.5, 0.6) is 0 Å². The Morgan fingerprint density at radius 2 is 1.68 bits per heavy atom. The van der Waals surface area contributed by atoms with Crippen LogP contribution < -0.4 is 5.56 Å². The van der Waals surface area contributed by atoms with Gasteiger partial charge in [-0.1, -0.05) is 35.9 Å². The lowest BCUT2D eigenvalue weighted by atomic mass is 10.0. The third-order valence-electron chi connectivity index (χ3n) is 5.12. The molecule has 3 rings (SSSR count). The topological polar surface area (TPSA) is 60.8 Å². The van der Waals surface area contributed by atoms with Crippen LogP contribution in [-0.2, 0) is 22.6 Å². The highest BCUT2D eigenvalue weighted by atomic mass is 16.6. The number of carbonyl (C=O) groups excluding carboxylic acids is 1. The maximum Gasteiger partial charge on any atom is 0.410 e. The first kappa shape index (κ1) is 22.8. The van der Waals surface area contributed by atoms with Crippen LogP contribution in [0.15, 0.2) is 53.0 Å². The number of aromatic nitrogens is 1. The number of nitrogens with zero attached hydrogens (tertiary/aromatic N) is 2. The zero-order chi connectivity index (χ0) is 22.4. The van der Waals surface area contributed by atoms with Crippen molar-refractivity contribution >= 4 is 12.2 Å². The number of benzene rings is 1. The Bertz CT molecular complexity index is 974. The summed E-state index contributed by atoms with van der Waals surface area (Å²) in [5.41, 5.74) is 4.01. The summed E-state index contributed by atoms with van der Waals surface area (Å²) in [6.45, 7) is 8.03. The van der Waals surface area contributed by atoms with Gasteiger partial charge in [-0.3, -0.25) is 4.79 Å². The molecule has 0 N–H and O–H groups in total. The van der Waals surface area contributed by atoms with E-state index in [-0.39, 0.29) is 11.7 Å². The summed E-state index contributed by atoms with van der Waals surface area (Å²) in [5, 5.41) is 0. The predicted molar refractivity (Wildman–Crippen MR) is 122 cm³/mol. The van der Waals surface area contributed by atoms with Gasteiger partial charge in [0.15, 0.2) is 0 Å². The molecule has 0 unspecified atom stereocenters. The molecule has 31 heavy (non-hydrogen) atoms. The Labute approximate surface area is 184 Å².